The van der Waals surface area contributed by atoms with Crippen molar-refractivity contribution in [2.75, 3.05) is 26.4 Å². The molecule has 7 nitrogen and oxygen atoms in total. The number of fused-ring (bicyclic) bond motifs is 1. The van der Waals surface area contributed by atoms with Crippen molar-refractivity contribution in [3.8, 4) is 17.2 Å². The van der Waals surface area contributed by atoms with E-state index in [1.807, 2.05) is 20.8 Å². The first-order chi connectivity index (χ1) is 12.1. The summed E-state index contributed by atoms with van der Waals surface area (Å²) < 4.78 is 22.3. The lowest BCUT2D eigenvalue weighted by molar-refractivity contribution is -0.115. The zero-order chi connectivity index (χ0) is 18.4. The molecule has 0 aliphatic carbocycles. The Kier molecular flexibility index (Phi) is 6.27. The van der Waals surface area contributed by atoms with Gasteiger partial charge >= 0.3 is 0 Å². The molecule has 0 unspecified atom stereocenters. The highest BCUT2D eigenvalue weighted by Gasteiger charge is 2.35. The van der Waals surface area contributed by atoms with Gasteiger partial charge in [0, 0.05) is 5.56 Å². The Balaban J connectivity index is 2.78. The summed E-state index contributed by atoms with van der Waals surface area (Å²) in [7, 11) is 0. The van der Waals surface area contributed by atoms with Crippen LogP contribution in [0.15, 0.2) is 12.3 Å². The summed E-state index contributed by atoms with van der Waals surface area (Å²) in [5, 5.41) is 2.31. The molecule has 7 heteroatoms. The first-order valence-corrected chi connectivity index (χ1v) is 8.36. The van der Waals surface area contributed by atoms with Crippen LogP contribution < -0.4 is 19.5 Å². The summed E-state index contributed by atoms with van der Waals surface area (Å²) >= 11 is 0. The predicted octanol–water partition coefficient (Wildman–Crippen LogP) is 2.53. The van der Waals surface area contributed by atoms with Gasteiger partial charge in [-0.2, -0.15) is 0 Å². The number of hydrogen-bond donors (Lipinski definition) is 1. The largest absolute Gasteiger partial charge is 0.501 e. The van der Waals surface area contributed by atoms with Gasteiger partial charge in [0.1, 0.15) is 0 Å². The van der Waals surface area contributed by atoms with E-state index in [0.29, 0.717) is 49.2 Å². The van der Waals surface area contributed by atoms with E-state index in [9.17, 15) is 9.59 Å². The molecule has 1 aromatic carbocycles. The van der Waals surface area contributed by atoms with E-state index in [-0.39, 0.29) is 11.1 Å². The Bertz CT molecular complexity index is 695. The summed E-state index contributed by atoms with van der Waals surface area (Å²) in [6.07, 6.45) is 1.33. The number of nitrogens with one attached hydrogen (secondary N) is 1. The van der Waals surface area contributed by atoms with Crippen LogP contribution in [0.5, 0.6) is 17.2 Å². The molecular weight excluding hydrogens is 326 g/mol. The summed E-state index contributed by atoms with van der Waals surface area (Å²) in [5.74, 6) is 0.0122. The van der Waals surface area contributed by atoms with Crippen molar-refractivity contribution in [1.29, 1.82) is 0 Å². The van der Waals surface area contributed by atoms with Crippen LogP contribution in [0.2, 0.25) is 0 Å². The fraction of sp³-hybridized carbons (Fsp3) is 0.444. The highest BCUT2D eigenvalue weighted by molar-refractivity contribution is 6.31. The Morgan fingerprint density at radius 1 is 0.880 bits per heavy atom. The monoisotopic (exact) mass is 349 g/mol. The van der Waals surface area contributed by atoms with Crippen LogP contribution in [-0.4, -0.2) is 38.2 Å². The second kappa shape index (κ2) is 8.41. The lowest BCUT2D eigenvalue weighted by atomic mass is 9.93. The van der Waals surface area contributed by atoms with Gasteiger partial charge in [-0.25, -0.2) is 0 Å². The van der Waals surface area contributed by atoms with Gasteiger partial charge in [-0.1, -0.05) is 0 Å². The Labute approximate surface area is 146 Å². The van der Waals surface area contributed by atoms with E-state index in [2.05, 4.69) is 5.32 Å². The summed E-state index contributed by atoms with van der Waals surface area (Å²) in [5.41, 5.74) is 0.848. The van der Waals surface area contributed by atoms with Crippen molar-refractivity contribution < 1.29 is 28.5 Å². The third kappa shape index (κ3) is 3.70. The van der Waals surface area contributed by atoms with Crippen molar-refractivity contribution >= 4 is 17.4 Å². The number of imide groups is 1. The van der Waals surface area contributed by atoms with E-state index < -0.39 is 11.8 Å². The Hall–Kier alpha value is -2.70. The number of amides is 2. The molecular formula is C18H23NO6. The Morgan fingerprint density at radius 3 is 2.12 bits per heavy atom. The molecule has 0 saturated carbocycles. The quantitative estimate of drug-likeness (QED) is 0.441. The topological polar surface area (TPSA) is 83.1 Å². The molecule has 2 rings (SSSR count). The van der Waals surface area contributed by atoms with Crippen molar-refractivity contribution in [1.82, 2.24) is 5.32 Å². The average Bonchev–Trinajstić information content (AvgIpc) is 2.58. The molecule has 1 N–H and O–H groups in total. The second-order valence-corrected chi connectivity index (χ2v) is 5.02. The lowest BCUT2D eigenvalue weighted by Crippen LogP contribution is -2.37. The SMILES string of the molecule is CCO/C=C1\C(=O)NC(=O)c2cc(OCC)c(OCC)c(OCC)c21. The molecule has 1 aliphatic rings. The lowest BCUT2D eigenvalue weighted by Gasteiger charge is -2.25. The van der Waals surface area contributed by atoms with Crippen molar-refractivity contribution in [3.05, 3.63) is 23.5 Å². The van der Waals surface area contributed by atoms with Crippen molar-refractivity contribution in [2.24, 2.45) is 0 Å². The zero-order valence-electron chi connectivity index (χ0n) is 14.9. The third-order valence-corrected chi connectivity index (χ3v) is 3.43. The van der Waals surface area contributed by atoms with Gasteiger partial charge in [-0.3, -0.25) is 14.9 Å². The van der Waals surface area contributed by atoms with Gasteiger partial charge in [0.25, 0.3) is 11.8 Å². The molecule has 0 fully saturated rings. The Morgan fingerprint density at radius 2 is 1.52 bits per heavy atom. The van der Waals surface area contributed by atoms with Crippen molar-refractivity contribution in [3.63, 3.8) is 0 Å². The van der Waals surface area contributed by atoms with E-state index in [4.69, 9.17) is 18.9 Å². The first-order valence-electron chi connectivity index (χ1n) is 8.36. The van der Waals surface area contributed by atoms with E-state index in [1.54, 1.807) is 13.0 Å². The van der Waals surface area contributed by atoms with E-state index in [0.717, 1.165) is 0 Å². The number of rotatable bonds is 8. The smallest absolute Gasteiger partial charge is 0.262 e. The van der Waals surface area contributed by atoms with Crippen LogP contribution in [0.1, 0.15) is 43.6 Å². The molecule has 2 amide bonds. The van der Waals surface area contributed by atoms with Gasteiger partial charge in [0.2, 0.25) is 5.75 Å². The summed E-state index contributed by atoms with van der Waals surface area (Å²) in [4.78, 5) is 24.6. The summed E-state index contributed by atoms with van der Waals surface area (Å²) in [6, 6.07) is 1.56. The number of carbonyl (C=O) groups excluding carboxylic acids is 2. The van der Waals surface area contributed by atoms with Crippen LogP contribution >= 0.6 is 0 Å². The summed E-state index contributed by atoms with van der Waals surface area (Å²) in [6.45, 7) is 8.78. The minimum atomic E-state index is -0.543. The highest BCUT2D eigenvalue weighted by atomic mass is 16.5. The molecule has 0 saturated heterocycles. The van der Waals surface area contributed by atoms with Crippen LogP contribution in [0.4, 0.5) is 0 Å². The van der Waals surface area contributed by atoms with Crippen LogP contribution in [-0.2, 0) is 9.53 Å². The maximum atomic E-state index is 12.3. The molecule has 0 aromatic heterocycles. The van der Waals surface area contributed by atoms with E-state index in [1.165, 1.54) is 6.26 Å². The molecule has 0 bridgehead atoms. The maximum Gasteiger partial charge on any atom is 0.262 e. The van der Waals surface area contributed by atoms with E-state index >= 15 is 0 Å². The van der Waals surface area contributed by atoms with Gasteiger partial charge in [-0.15, -0.1) is 0 Å². The minimum Gasteiger partial charge on any atom is -0.501 e. The molecule has 0 spiro atoms. The fourth-order valence-electron chi connectivity index (χ4n) is 2.52. The average molecular weight is 349 g/mol. The van der Waals surface area contributed by atoms with Crippen LogP contribution in [0.3, 0.4) is 0 Å². The maximum absolute atomic E-state index is 12.3. The molecule has 0 radical (unpaired) electrons. The van der Waals surface area contributed by atoms with Crippen LogP contribution in [0.25, 0.3) is 5.57 Å². The normalized spacial score (nSPS) is 14.8. The predicted molar refractivity (Wildman–Crippen MR) is 92.0 cm³/mol. The molecule has 25 heavy (non-hydrogen) atoms. The van der Waals surface area contributed by atoms with Gasteiger partial charge in [0.15, 0.2) is 11.5 Å². The molecule has 136 valence electrons. The molecule has 1 aliphatic heterocycles. The molecule has 1 heterocycles. The highest BCUT2D eigenvalue weighted by Crippen LogP contribution is 2.46. The number of benzene rings is 1. The second-order valence-electron chi connectivity index (χ2n) is 5.02. The zero-order valence-corrected chi connectivity index (χ0v) is 14.9. The fourth-order valence-corrected chi connectivity index (χ4v) is 2.52. The number of hydrogen-bond acceptors (Lipinski definition) is 6. The van der Waals surface area contributed by atoms with Crippen LogP contribution in [0, 0.1) is 0 Å². The third-order valence-electron chi connectivity index (χ3n) is 3.43. The minimum absolute atomic E-state index is 0.212. The molecule has 1 aromatic rings. The number of ether oxygens (including phenoxy) is 4. The molecule has 0 atom stereocenters. The first kappa shape index (κ1) is 18.6. The standard InChI is InChI=1S/C18H23NO6/c1-5-22-10-12-14-11(17(20)19-18(12)21)9-13(23-6-2)15(24-7-3)16(14)25-8-4/h9-10H,5-8H2,1-4H3,(H,19,20,21)/b12-10-. The van der Waals surface area contributed by atoms with Crippen molar-refractivity contribution in [2.45, 2.75) is 27.7 Å². The van der Waals surface area contributed by atoms with Gasteiger partial charge < -0.3 is 18.9 Å². The van der Waals surface area contributed by atoms with Gasteiger partial charge in [-0.05, 0) is 33.8 Å². The van der Waals surface area contributed by atoms with Gasteiger partial charge in [0.05, 0.1) is 43.8 Å². The number of carbonyl (C=O) groups is 2.